The van der Waals surface area contributed by atoms with Crippen molar-refractivity contribution in [1.29, 1.82) is 0 Å². The van der Waals surface area contributed by atoms with Gasteiger partial charge in [-0.15, -0.1) is 6.42 Å². The zero-order chi connectivity index (χ0) is 22.2. The second kappa shape index (κ2) is 7.98. The van der Waals surface area contributed by atoms with Crippen molar-refractivity contribution in [2.24, 2.45) is 0 Å². The first-order valence-electron chi connectivity index (χ1n) is 9.60. The van der Waals surface area contributed by atoms with E-state index in [1.807, 2.05) is 18.2 Å². The molecule has 4 rings (SSSR count). The quantitative estimate of drug-likeness (QED) is 0.199. The molecule has 1 heterocycles. The maximum absolute atomic E-state index is 13.7. The summed E-state index contributed by atoms with van der Waals surface area (Å²) < 4.78 is 33.8. The largest absolute Gasteiger partial charge is 0.438 e. The average molecular weight is 433 g/mol. The molecule has 154 valence electrons. The molecule has 3 aromatic carbocycles. The Balaban J connectivity index is 1.68. The zero-order valence-electron chi connectivity index (χ0n) is 17.0. The molecule has 1 aromatic heterocycles. The number of ether oxygens (including phenoxy) is 1. The predicted molar refractivity (Wildman–Crippen MR) is 120 cm³/mol. The van der Waals surface area contributed by atoms with Crippen molar-refractivity contribution in [1.82, 2.24) is 0 Å². The number of benzene rings is 3. The van der Waals surface area contributed by atoms with Crippen LogP contribution in [0.3, 0.4) is 0 Å². The predicted octanol–water partition coefficient (Wildman–Crippen LogP) is 6.87. The Hall–Kier alpha value is -3.49. The molecule has 0 spiro atoms. The first-order chi connectivity index (χ1) is 14.8. The molecule has 0 aliphatic carbocycles. The lowest BCUT2D eigenvalue weighted by Crippen LogP contribution is -2.27. The van der Waals surface area contributed by atoms with Crippen molar-refractivity contribution in [2.75, 3.05) is 0 Å². The molecule has 5 heteroatoms. The summed E-state index contributed by atoms with van der Waals surface area (Å²) in [4.78, 5) is 13.9. The summed E-state index contributed by atoms with van der Waals surface area (Å²) in [5, 5.41) is 3.40. The van der Waals surface area contributed by atoms with E-state index in [9.17, 15) is 13.6 Å². The highest BCUT2D eigenvalue weighted by atomic mass is 32.2. The van der Waals surface area contributed by atoms with Crippen LogP contribution in [0.25, 0.3) is 15.0 Å². The summed E-state index contributed by atoms with van der Waals surface area (Å²) >= 11 is 0. The summed E-state index contributed by atoms with van der Waals surface area (Å²) in [6.07, 6.45) is 5.60. The highest BCUT2D eigenvalue weighted by Crippen LogP contribution is 2.42. The summed E-state index contributed by atoms with van der Waals surface area (Å²) in [6, 6.07) is 18.6. The number of rotatable bonds is 4. The van der Waals surface area contributed by atoms with E-state index in [-0.39, 0.29) is 16.0 Å². The Kier molecular flexibility index (Phi) is 5.34. The smallest absolute Gasteiger partial charge is 0.340 e. The molecule has 0 saturated carbocycles. The van der Waals surface area contributed by atoms with Gasteiger partial charge in [0.05, 0.1) is 5.56 Å². The number of esters is 1. The van der Waals surface area contributed by atoms with Gasteiger partial charge in [-0.1, -0.05) is 30.2 Å². The molecule has 0 fully saturated rings. The van der Waals surface area contributed by atoms with Gasteiger partial charge in [-0.3, -0.25) is 0 Å². The molecule has 0 radical (unpaired) electrons. The van der Waals surface area contributed by atoms with Crippen LogP contribution < -0.4 is 0 Å². The molecule has 4 aromatic rings. The van der Waals surface area contributed by atoms with Crippen LogP contribution >= 0.6 is 10.5 Å². The lowest BCUT2D eigenvalue weighted by molar-refractivity contribution is 0.0128. The lowest BCUT2D eigenvalue weighted by atomic mass is 9.96. The second-order valence-electron chi connectivity index (χ2n) is 7.36. The van der Waals surface area contributed by atoms with Crippen LogP contribution in [-0.4, -0.2) is 5.97 Å². The van der Waals surface area contributed by atoms with Crippen molar-refractivity contribution < 1.29 is 18.3 Å². The van der Waals surface area contributed by atoms with Crippen molar-refractivity contribution in [2.45, 2.75) is 19.4 Å². The highest BCUT2D eigenvalue weighted by molar-refractivity contribution is 7.43. The van der Waals surface area contributed by atoms with Gasteiger partial charge in [-0.05, 0) is 50.2 Å². The molecule has 31 heavy (non-hydrogen) atoms. The van der Waals surface area contributed by atoms with Gasteiger partial charge in [0.1, 0.15) is 5.38 Å². The van der Waals surface area contributed by atoms with Gasteiger partial charge in [0.2, 0.25) is 0 Å². The topological polar surface area (TPSA) is 26.3 Å². The fraction of sp³-hybridized carbons (Fsp3) is 0.115. The van der Waals surface area contributed by atoms with Gasteiger partial charge >= 0.3 is 5.97 Å². The average Bonchev–Trinajstić information content (AvgIpc) is 3.12. The third-order valence-electron chi connectivity index (χ3n) is 5.21. The van der Waals surface area contributed by atoms with Crippen LogP contribution in [0.1, 0.15) is 28.4 Å². The first kappa shape index (κ1) is 20.8. The third kappa shape index (κ3) is 3.83. The fourth-order valence-electron chi connectivity index (χ4n) is 3.45. The van der Waals surface area contributed by atoms with Crippen molar-refractivity contribution in [3.63, 3.8) is 0 Å². The lowest BCUT2D eigenvalue weighted by Gasteiger charge is -2.24. The van der Waals surface area contributed by atoms with Crippen molar-refractivity contribution >= 4 is 26.5 Å². The molecule has 0 aliphatic heterocycles. The van der Waals surface area contributed by atoms with Crippen LogP contribution in [0.4, 0.5) is 8.78 Å². The van der Waals surface area contributed by atoms with E-state index in [0.29, 0.717) is 5.56 Å². The van der Waals surface area contributed by atoms with E-state index >= 15 is 0 Å². The molecule has 0 amide bonds. The number of thiophene rings is 1. The number of carbonyl (C=O) groups excluding carboxylic acids is 1. The van der Waals surface area contributed by atoms with Gasteiger partial charge in [-0.25, -0.2) is 13.6 Å². The molecule has 0 saturated heterocycles. The molecule has 0 N–H and O–H groups in total. The minimum absolute atomic E-state index is 0.184. The van der Waals surface area contributed by atoms with Crippen LogP contribution in [0.2, 0.25) is 0 Å². The van der Waals surface area contributed by atoms with E-state index < -0.39 is 23.2 Å². The Bertz CT molecular complexity index is 1350. The number of hydrogen-bond acceptors (Lipinski definition) is 2. The highest BCUT2D eigenvalue weighted by Gasteiger charge is 2.31. The first-order valence-corrected chi connectivity index (χ1v) is 10.9. The third-order valence-corrected chi connectivity index (χ3v) is 7.39. The number of hydrogen-bond donors (Lipinski definition) is 0. The van der Waals surface area contributed by atoms with Crippen LogP contribution in [-0.2, 0) is 10.3 Å². The van der Waals surface area contributed by atoms with E-state index in [4.69, 9.17) is 11.2 Å². The van der Waals surface area contributed by atoms with Gasteiger partial charge in [0, 0.05) is 33.0 Å². The van der Waals surface area contributed by atoms with Gasteiger partial charge in [-0.2, -0.15) is 0 Å². The number of carbonyl (C=O) groups is 1. The molecule has 0 aliphatic rings. The molecular formula is C26H19F2O2S+. The van der Waals surface area contributed by atoms with Crippen molar-refractivity contribution in [3.8, 4) is 17.2 Å². The van der Waals surface area contributed by atoms with E-state index in [1.165, 1.54) is 28.6 Å². The Morgan fingerprint density at radius 3 is 2.55 bits per heavy atom. The maximum atomic E-state index is 13.7. The Morgan fingerprint density at radius 2 is 1.81 bits per heavy atom. The number of aryl methyl sites for hydroxylation is 1. The van der Waals surface area contributed by atoms with Gasteiger partial charge in [0.15, 0.2) is 26.8 Å². The molecule has 2 unspecified atom stereocenters. The Labute approximate surface area is 182 Å². The zero-order valence-corrected chi connectivity index (χ0v) is 17.8. The fourth-order valence-corrected chi connectivity index (χ4v) is 5.62. The normalized spacial score (nSPS) is 13.5. The SMILES string of the molecule is C#CC(C)(OC(=O)c1cccc(-[s+]2cc(C)c3ccccc32)c1)c1ccc(F)c(F)c1. The van der Waals surface area contributed by atoms with Gasteiger partial charge in [0.25, 0.3) is 0 Å². The van der Waals surface area contributed by atoms with E-state index in [1.54, 1.807) is 18.2 Å². The molecule has 2 atom stereocenters. The minimum atomic E-state index is -1.54. The molecular weight excluding hydrogens is 414 g/mol. The number of terminal acetylenes is 1. The van der Waals surface area contributed by atoms with Crippen LogP contribution in [0, 0.1) is 30.9 Å². The summed E-state index contributed by atoms with van der Waals surface area (Å²) in [6.45, 7) is 3.55. The number of fused-ring (bicyclic) bond motifs is 1. The van der Waals surface area contributed by atoms with E-state index in [2.05, 4.69) is 30.4 Å². The van der Waals surface area contributed by atoms with Crippen LogP contribution in [0.15, 0.2) is 72.1 Å². The molecule has 0 bridgehead atoms. The summed E-state index contributed by atoms with van der Waals surface area (Å²) in [7, 11) is -0.291. The maximum Gasteiger partial charge on any atom is 0.340 e. The Morgan fingerprint density at radius 1 is 1.03 bits per heavy atom. The van der Waals surface area contributed by atoms with Gasteiger partial charge < -0.3 is 4.74 Å². The summed E-state index contributed by atoms with van der Waals surface area (Å²) in [5.41, 5.74) is 0.179. The van der Waals surface area contributed by atoms with E-state index in [0.717, 1.165) is 17.0 Å². The summed E-state index contributed by atoms with van der Waals surface area (Å²) in [5.74, 6) is -0.297. The second-order valence-corrected chi connectivity index (χ2v) is 9.18. The van der Waals surface area contributed by atoms with Crippen LogP contribution in [0.5, 0.6) is 0 Å². The van der Waals surface area contributed by atoms with Crippen molar-refractivity contribution in [3.05, 3.63) is 100 Å². The molecule has 2 nitrogen and oxygen atoms in total. The minimum Gasteiger partial charge on any atom is -0.438 e. The number of halogens is 2. The monoisotopic (exact) mass is 433 g/mol. The standard InChI is InChI=1S/C26H19F2O2S/c1-4-26(3,19-12-13-22(27)23(28)15-19)30-25(29)18-8-7-9-20(14-18)31-16-17(2)21-10-5-6-11-24(21)31/h1,5-16H,2-3H3/q+1.